The first-order valence-corrected chi connectivity index (χ1v) is 7.75. The van der Waals surface area contributed by atoms with Gasteiger partial charge in [0.25, 0.3) is 0 Å². The first-order chi connectivity index (χ1) is 8.74. The van der Waals surface area contributed by atoms with Gasteiger partial charge in [-0.3, -0.25) is 4.79 Å². The van der Waals surface area contributed by atoms with Crippen molar-refractivity contribution < 1.29 is 4.79 Å². The molecule has 3 heteroatoms. The molecule has 106 valence electrons. The number of amides is 1. The Hall–Kier alpha value is -0.570. The molecule has 0 radical (unpaired) electrons. The summed E-state index contributed by atoms with van der Waals surface area (Å²) in [4.78, 5) is 14.8. The quantitative estimate of drug-likeness (QED) is 0.757. The lowest BCUT2D eigenvalue weighted by atomic mass is 9.95. The Morgan fingerprint density at radius 3 is 2.39 bits per heavy atom. The third-order valence-electron chi connectivity index (χ3n) is 3.96. The normalized spacial score (nSPS) is 20.1. The number of rotatable bonds is 7. The van der Waals surface area contributed by atoms with E-state index < -0.39 is 0 Å². The maximum absolute atomic E-state index is 12.7. The number of hydrogen-bond acceptors (Lipinski definition) is 2. The third kappa shape index (κ3) is 4.27. The fraction of sp³-hybridized carbons (Fsp3) is 0.933. The summed E-state index contributed by atoms with van der Waals surface area (Å²) in [6, 6.07) is 0.424. The number of carbonyl (C=O) groups excluding carboxylic acids is 1. The van der Waals surface area contributed by atoms with Gasteiger partial charge in [0.2, 0.25) is 5.91 Å². The minimum Gasteiger partial charge on any atom is -0.338 e. The number of nitrogens with one attached hydrogen (secondary N) is 1. The molecule has 18 heavy (non-hydrogen) atoms. The van der Waals surface area contributed by atoms with Gasteiger partial charge in [0.15, 0.2) is 0 Å². The van der Waals surface area contributed by atoms with Crippen molar-refractivity contribution in [1.29, 1.82) is 0 Å². The Balaban J connectivity index is 2.62. The second-order valence-electron chi connectivity index (χ2n) is 5.40. The van der Waals surface area contributed by atoms with Crippen molar-refractivity contribution in [3.8, 4) is 0 Å². The second-order valence-corrected chi connectivity index (χ2v) is 5.40. The summed E-state index contributed by atoms with van der Waals surface area (Å²) in [5.74, 6) is 0.650. The SMILES string of the molecule is CCCC(CCC)C(=O)N(CC)C1CCCNC1. The Bertz CT molecular complexity index is 231. The Labute approximate surface area is 112 Å². The van der Waals surface area contributed by atoms with Crippen LogP contribution in [0.4, 0.5) is 0 Å². The molecule has 1 rings (SSSR count). The molecule has 1 aliphatic rings. The Kier molecular flexibility index (Phi) is 7.33. The van der Waals surface area contributed by atoms with Gasteiger partial charge >= 0.3 is 0 Å². The van der Waals surface area contributed by atoms with Crippen LogP contribution in [-0.4, -0.2) is 36.5 Å². The minimum atomic E-state index is 0.252. The van der Waals surface area contributed by atoms with Gasteiger partial charge in [-0.1, -0.05) is 26.7 Å². The highest BCUT2D eigenvalue weighted by molar-refractivity contribution is 5.79. The molecule has 0 aromatic rings. The first kappa shape index (κ1) is 15.5. The summed E-state index contributed by atoms with van der Waals surface area (Å²) in [7, 11) is 0. The van der Waals surface area contributed by atoms with E-state index in [1.54, 1.807) is 0 Å². The van der Waals surface area contributed by atoms with Gasteiger partial charge in [0.05, 0.1) is 0 Å². The summed E-state index contributed by atoms with van der Waals surface area (Å²) >= 11 is 0. The lowest BCUT2D eigenvalue weighted by Gasteiger charge is -2.36. The molecule has 1 fully saturated rings. The molecule has 0 saturated carbocycles. The molecule has 1 saturated heterocycles. The average Bonchev–Trinajstić information content (AvgIpc) is 2.40. The molecule has 1 N–H and O–H groups in total. The van der Waals surface area contributed by atoms with Crippen LogP contribution >= 0.6 is 0 Å². The van der Waals surface area contributed by atoms with Gasteiger partial charge in [0.1, 0.15) is 0 Å². The highest BCUT2D eigenvalue weighted by atomic mass is 16.2. The molecule has 0 spiro atoms. The van der Waals surface area contributed by atoms with E-state index in [2.05, 4.69) is 31.0 Å². The monoisotopic (exact) mass is 254 g/mol. The molecule has 3 nitrogen and oxygen atoms in total. The maximum Gasteiger partial charge on any atom is 0.225 e. The zero-order valence-corrected chi connectivity index (χ0v) is 12.4. The van der Waals surface area contributed by atoms with Crippen molar-refractivity contribution in [2.45, 2.75) is 65.3 Å². The van der Waals surface area contributed by atoms with Crippen LogP contribution in [0, 0.1) is 5.92 Å². The van der Waals surface area contributed by atoms with Crippen molar-refractivity contribution in [1.82, 2.24) is 10.2 Å². The standard InChI is InChI=1S/C15H30N2O/c1-4-8-13(9-5-2)15(18)17(6-3)14-10-7-11-16-12-14/h13-14,16H,4-12H2,1-3H3. The molecule has 1 amide bonds. The van der Waals surface area contributed by atoms with Crippen LogP contribution < -0.4 is 5.32 Å². The van der Waals surface area contributed by atoms with Crippen LogP contribution in [0.3, 0.4) is 0 Å². The molecule has 0 aliphatic carbocycles. The maximum atomic E-state index is 12.7. The molecular weight excluding hydrogens is 224 g/mol. The zero-order valence-electron chi connectivity index (χ0n) is 12.4. The van der Waals surface area contributed by atoms with Gasteiger partial charge in [-0.15, -0.1) is 0 Å². The van der Waals surface area contributed by atoms with E-state index in [9.17, 15) is 4.79 Å². The van der Waals surface area contributed by atoms with Crippen molar-refractivity contribution >= 4 is 5.91 Å². The summed E-state index contributed by atoms with van der Waals surface area (Å²) < 4.78 is 0. The Morgan fingerprint density at radius 1 is 1.28 bits per heavy atom. The molecule has 0 aromatic heterocycles. The van der Waals surface area contributed by atoms with E-state index in [0.29, 0.717) is 11.9 Å². The van der Waals surface area contributed by atoms with E-state index in [-0.39, 0.29) is 5.92 Å². The lowest BCUT2D eigenvalue weighted by Crippen LogP contribution is -2.50. The summed E-state index contributed by atoms with van der Waals surface area (Å²) in [6.45, 7) is 9.40. The van der Waals surface area contributed by atoms with Gasteiger partial charge < -0.3 is 10.2 Å². The van der Waals surface area contributed by atoms with E-state index in [1.807, 2.05) is 0 Å². The molecule has 1 aliphatic heterocycles. The predicted molar refractivity (Wildman–Crippen MR) is 76.6 cm³/mol. The van der Waals surface area contributed by atoms with Gasteiger partial charge in [-0.2, -0.15) is 0 Å². The fourth-order valence-electron chi connectivity index (χ4n) is 3.02. The largest absolute Gasteiger partial charge is 0.338 e. The summed E-state index contributed by atoms with van der Waals surface area (Å²) in [5, 5.41) is 3.41. The van der Waals surface area contributed by atoms with Crippen LogP contribution in [0.1, 0.15) is 59.3 Å². The number of nitrogens with zero attached hydrogens (tertiary/aromatic N) is 1. The van der Waals surface area contributed by atoms with E-state index in [4.69, 9.17) is 0 Å². The zero-order chi connectivity index (χ0) is 13.4. The molecule has 0 aromatic carbocycles. The summed E-state index contributed by atoms with van der Waals surface area (Å²) in [6.07, 6.45) is 6.67. The van der Waals surface area contributed by atoms with Crippen LogP contribution in [-0.2, 0) is 4.79 Å². The molecular formula is C15H30N2O. The van der Waals surface area contributed by atoms with Crippen LogP contribution in [0.5, 0.6) is 0 Å². The number of carbonyl (C=O) groups is 1. The fourth-order valence-corrected chi connectivity index (χ4v) is 3.02. The van der Waals surface area contributed by atoms with Crippen molar-refractivity contribution in [2.75, 3.05) is 19.6 Å². The highest BCUT2D eigenvalue weighted by Gasteiger charge is 2.28. The van der Waals surface area contributed by atoms with Gasteiger partial charge in [-0.25, -0.2) is 0 Å². The minimum absolute atomic E-state index is 0.252. The molecule has 1 unspecified atom stereocenters. The van der Waals surface area contributed by atoms with Crippen molar-refractivity contribution in [3.63, 3.8) is 0 Å². The van der Waals surface area contributed by atoms with Gasteiger partial charge in [-0.05, 0) is 39.2 Å². The molecule has 1 heterocycles. The highest BCUT2D eigenvalue weighted by Crippen LogP contribution is 2.20. The molecule has 1 atom stereocenters. The van der Waals surface area contributed by atoms with Gasteiger partial charge in [0, 0.05) is 25.0 Å². The first-order valence-electron chi connectivity index (χ1n) is 7.75. The smallest absolute Gasteiger partial charge is 0.225 e. The van der Waals surface area contributed by atoms with Crippen LogP contribution in [0.25, 0.3) is 0 Å². The Morgan fingerprint density at radius 2 is 1.94 bits per heavy atom. The third-order valence-corrected chi connectivity index (χ3v) is 3.96. The van der Waals surface area contributed by atoms with Crippen LogP contribution in [0.15, 0.2) is 0 Å². The molecule has 0 bridgehead atoms. The van der Waals surface area contributed by atoms with Crippen molar-refractivity contribution in [3.05, 3.63) is 0 Å². The number of hydrogen-bond donors (Lipinski definition) is 1. The second kappa shape index (κ2) is 8.52. The van der Waals surface area contributed by atoms with E-state index in [0.717, 1.165) is 51.7 Å². The van der Waals surface area contributed by atoms with Crippen LogP contribution in [0.2, 0.25) is 0 Å². The number of likely N-dealkylation sites (N-methyl/N-ethyl adjacent to an activating group) is 1. The average molecular weight is 254 g/mol. The van der Waals surface area contributed by atoms with E-state index >= 15 is 0 Å². The summed E-state index contributed by atoms with van der Waals surface area (Å²) in [5.41, 5.74) is 0. The topological polar surface area (TPSA) is 32.3 Å². The van der Waals surface area contributed by atoms with Crippen molar-refractivity contribution in [2.24, 2.45) is 5.92 Å². The predicted octanol–water partition coefficient (Wildman–Crippen LogP) is 2.80. The number of piperidine rings is 1. The van der Waals surface area contributed by atoms with E-state index in [1.165, 1.54) is 6.42 Å². The lowest BCUT2D eigenvalue weighted by molar-refractivity contribution is -0.138.